The van der Waals surface area contributed by atoms with Gasteiger partial charge in [0.15, 0.2) is 0 Å². The molecule has 0 fully saturated rings. The van der Waals surface area contributed by atoms with Crippen LogP contribution in [-0.4, -0.2) is 54.6 Å². The highest BCUT2D eigenvalue weighted by Gasteiger charge is 2.23. The van der Waals surface area contributed by atoms with E-state index in [2.05, 4.69) is 0 Å². The van der Waals surface area contributed by atoms with Crippen molar-refractivity contribution in [1.82, 2.24) is 4.90 Å². The van der Waals surface area contributed by atoms with Crippen molar-refractivity contribution in [1.29, 1.82) is 0 Å². The smallest absolute Gasteiger partial charge is 0.323 e. The summed E-state index contributed by atoms with van der Waals surface area (Å²) in [6, 6.07) is 2.14. The summed E-state index contributed by atoms with van der Waals surface area (Å²) in [5.41, 5.74) is -0.0860. The van der Waals surface area contributed by atoms with Gasteiger partial charge in [0, 0.05) is 13.1 Å². The van der Waals surface area contributed by atoms with Gasteiger partial charge in [-0.2, -0.15) is 0 Å². The van der Waals surface area contributed by atoms with Crippen molar-refractivity contribution in [3.63, 3.8) is 0 Å². The van der Waals surface area contributed by atoms with Gasteiger partial charge in [-0.25, -0.2) is 4.39 Å². The maximum absolute atomic E-state index is 13.5. The molecule has 0 saturated heterocycles. The molecule has 1 aromatic rings. The lowest BCUT2D eigenvalue weighted by atomic mass is 10.1. The number of anilines is 1. The van der Waals surface area contributed by atoms with Gasteiger partial charge in [-0.15, -0.1) is 0 Å². The van der Waals surface area contributed by atoms with E-state index in [9.17, 15) is 19.3 Å². The Balaban J connectivity index is 3.24. The predicted molar refractivity (Wildman–Crippen MR) is 76.2 cm³/mol. The summed E-state index contributed by atoms with van der Waals surface area (Å²) < 4.78 is 13.5. The number of halogens is 1. The van der Waals surface area contributed by atoms with E-state index in [1.165, 1.54) is 17.9 Å². The molecule has 1 N–H and O–H groups in total. The van der Waals surface area contributed by atoms with E-state index in [4.69, 9.17) is 5.11 Å². The molecule has 0 saturated carbocycles. The lowest BCUT2D eigenvalue weighted by Gasteiger charge is -2.24. The minimum Gasteiger partial charge on any atom is -0.480 e. The van der Waals surface area contributed by atoms with Gasteiger partial charge in [-0.05, 0) is 32.6 Å². The average Bonchev–Trinajstić information content (AvgIpc) is 2.36. The number of carboxylic acid groups (broad SMARTS) is 1. The van der Waals surface area contributed by atoms with Crippen molar-refractivity contribution >= 4 is 17.3 Å². The molecule has 0 heterocycles. The summed E-state index contributed by atoms with van der Waals surface area (Å²) in [6.45, 7) is 1.89. The number of nitro groups is 1. The summed E-state index contributed by atoms with van der Waals surface area (Å²) in [6.07, 6.45) is 0. The molecule has 0 aliphatic rings. The molecule has 0 atom stereocenters. The molecule has 8 heteroatoms. The van der Waals surface area contributed by atoms with Crippen molar-refractivity contribution in [2.24, 2.45) is 0 Å². The fourth-order valence-electron chi connectivity index (χ4n) is 1.82. The Hall–Kier alpha value is -2.22. The summed E-state index contributed by atoms with van der Waals surface area (Å²) in [5, 5.41) is 20.0. The highest BCUT2D eigenvalue weighted by molar-refractivity contribution is 5.76. The summed E-state index contributed by atoms with van der Waals surface area (Å²) in [4.78, 5) is 24.5. The van der Waals surface area contributed by atoms with Gasteiger partial charge in [-0.1, -0.05) is 0 Å². The van der Waals surface area contributed by atoms with Crippen molar-refractivity contribution in [3.8, 4) is 0 Å². The van der Waals surface area contributed by atoms with Crippen LogP contribution in [0.25, 0.3) is 0 Å². The fraction of sp³-hybridized carbons (Fsp3) is 0.462. The number of hydrogen-bond acceptors (Lipinski definition) is 5. The number of nitro benzene ring substituents is 1. The van der Waals surface area contributed by atoms with Gasteiger partial charge >= 0.3 is 5.97 Å². The molecule has 0 amide bonds. The van der Waals surface area contributed by atoms with Gasteiger partial charge in [0.1, 0.15) is 18.0 Å². The second-order valence-electron chi connectivity index (χ2n) is 4.97. The van der Waals surface area contributed by atoms with Gasteiger partial charge in [0.25, 0.3) is 5.69 Å². The minimum atomic E-state index is -1.11. The monoisotopic (exact) mass is 299 g/mol. The van der Waals surface area contributed by atoms with Crippen LogP contribution in [0.3, 0.4) is 0 Å². The van der Waals surface area contributed by atoms with Crippen LogP contribution in [0.2, 0.25) is 0 Å². The van der Waals surface area contributed by atoms with Crippen LogP contribution in [-0.2, 0) is 4.79 Å². The standard InChI is InChI=1S/C13H18FN3O4/c1-9-6-11(12(17(20)21)7-10(9)14)16(8-13(18)19)5-4-15(2)3/h6-7H,4-5,8H2,1-3H3,(H,18,19). The molecular weight excluding hydrogens is 281 g/mol. The number of hydrogen-bond donors (Lipinski definition) is 1. The molecule has 0 spiro atoms. The molecule has 0 aliphatic carbocycles. The minimum absolute atomic E-state index is 0.114. The van der Waals surface area contributed by atoms with E-state index in [1.54, 1.807) is 0 Å². The Bertz CT molecular complexity index is 548. The first-order chi connectivity index (χ1) is 9.72. The fourth-order valence-corrected chi connectivity index (χ4v) is 1.82. The third kappa shape index (κ3) is 4.67. The first kappa shape index (κ1) is 16.8. The van der Waals surface area contributed by atoms with E-state index in [0.717, 1.165) is 6.07 Å². The number of benzene rings is 1. The second-order valence-corrected chi connectivity index (χ2v) is 4.97. The molecule has 7 nitrogen and oxygen atoms in total. The topological polar surface area (TPSA) is 86.9 Å². The van der Waals surface area contributed by atoms with Gasteiger partial charge in [-0.3, -0.25) is 14.9 Å². The number of aliphatic carboxylic acids is 1. The van der Waals surface area contributed by atoms with Crippen LogP contribution in [0.15, 0.2) is 12.1 Å². The molecule has 21 heavy (non-hydrogen) atoms. The molecule has 0 aromatic heterocycles. The van der Waals surface area contributed by atoms with Gasteiger partial charge < -0.3 is 14.9 Å². The normalized spacial score (nSPS) is 10.7. The zero-order chi connectivity index (χ0) is 16.2. The highest BCUT2D eigenvalue weighted by atomic mass is 19.1. The zero-order valence-corrected chi connectivity index (χ0v) is 12.2. The number of carboxylic acids is 1. The Kier molecular flexibility index (Phi) is 5.60. The number of rotatable bonds is 7. The Labute approximate surface area is 121 Å². The van der Waals surface area contributed by atoms with Crippen molar-refractivity contribution in [2.45, 2.75) is 6.92 Å². The maximum Gasteiger partial charge on any atom is 0.323 e. The lowest BCUT2D eigenvalue weighted by molar-refractivity contribution is -0.384. The van der Waals surface area contributed by atoms with Crippen molar-refractivity contribution in [3.05, 3.63) is 33.6 Å². The largest absolute Gasteiger partial charge is 0.480 e. The van der Waals surface area contributed by atoms with E-state index in [-0.39, 0.29) is 24.3 Å². The SMILES string of the molecule is Cc1cc(N(CCN(C)C)CC(=O)O)c([N+](=O)[O-])cc1F. The van der Waals surface area contributed by atoms with Crippen LogP contribution in [0.1, 0.15) is 5.56 Å². The van der Waals surface area contributed by atoms with E-state index in [1.807, 2.05) is 19.0 Å². The molecule has 0 aliphatic heterocycles. The molecule has 1 aromatic carbocycles. The second kappa shape index (κ2) is 6.98. The first-order valence-corrected chi connectivity index (χ1v) is 6.28. The van der Waals surface area contributed by atoms with Crippen LogP contribution in [0.4, 0.5) is 15.8 Å². The molecular formula is C13H18FN3O4. The summed E-state index contributed by atoms with van der Waals surface area (Å²) in [5.74, 6) is -1.79. The molecule has 1 rings (SSSR count). The van der Waals surface area contributed by atoms with Crippen molar-refractivity contribution in [2.75, 3.05) is 38.6 Å². The highest BCUT2D eigenvalue weighted by Crippen LogP contribution is 2.30. The van der Waals surface area contributed by atoms with Crippen molar-refractivity contribution < 1.29 is 19.2 Å². The first-order valence-electron chi connectivity index (χ1n) is 6.28. The number of aryl methyl sites for hydroxylation is 1. The zero-order valence-electron chi connectivity index (χ0n) is 12.2. The van der Waals surface area contributed by atoms with E-state index in [0.29, 0.717) is 6.54 Å². The third-order valence-corrected chi connectivity index (χ3v) is 2.94. The Morgan fingerprint density at radius 1 is 1.38 bits per heavy atom. The predicted octanol–water partition coefficient (Wildman–Crippen LogP) is 1.49. The van der Waals surface area contributed by atoms with Crippen LogP contribution >= 0.6 is 0 Å². The van der Waals surface area contributed by atoms with Gasteiger partial charge in [0.2, 0.25) is 0 Å². The molecule has 0 radical (unpaired) electrons. The Morgan fingerprint density at radius 2 is 2.00 bits per heavy atom. The van der Waals surface area contributed by atoms with E-state index >= 15 is 0 Å². The van der Waals surface area contributed by atoms with Crippen LogP contribution < -0.4 is 4.90 Å². The molecule has 0 unspecified atom stereocenters. The number of carbonyl (C=O) groups is 1. The quantitative estimate of drug-likeness (QED) is 0.606. The van der Waals surface area contributed by atoms with Gasteiger partial charge in [0.05, 0.1) is 11.0 Å². The summed E-state index contributed by atoms with van der Waals surface area (Å²) in [7, 11) is 3.62. The summed E-state index contributed by atoms with van der Waals surface area (Å²) >= 11 is 0. The Morgan fingerprint density at radius 3 is 2.48 bits per heavy atom. The average molecular weight is 299 g/mol. The maximum atomic E-state index is 13.5. The number of likely N-dealkylation sites (N-methyl/N-ethyl adjacent to an activating group) is 1. The molecule has 0 bridgehead atoms. The third-order valence-electron chi connectivity index (χ3n) is 2.94. The molecule has 116 valence electrons. The van der Waals surface area contributed by atoms with Crippen LogP contribution in [0, 0.1) is 22.9 Å². The van der Waals surface area contributed by atoms with Crippen LogP contribution in [0.5, 0.6) is 0 Å². The van der Waals surface area contributed by atoms with E-state index < -0.39 is 22.4 Å². The number of nitrogens with zero attached hydrogens (tertiary/aromatic N) is 3. The lowest BCUT2D eigenvalue weighted by Crippen LogP contribution is -2.36.